The molecule has 0 aromatic carbocycles. The fraction of sp³-hybridized carbons (Fsp3) is 0.857. The number of carbonyl (C=O) groups is 1. The first-order valence-electron chi connectivity index (χ1n) is 4.49. The minimum absolute atomic E-state index is 0.00760. The van der Waals surface area contributed by atoms with Gasteiger partial charge in [0.1, 0.15) is 6.04 Å². The molecular formula is C7H16NO6P. The zero-order valence-electron chi connectivity index (χ0n) is 8.46. The maximum atomic E-state index is 11.1. The van der Waals surface area contributed by atoms with Crippen LogP contribution in [0.15, 0.2) is 0 Å². The van der Waals surface area contributed by atoms with Gasteiger partial charge in [-0.15, -0.1) is 0 Å². The van der Waals surface area contributed by atoms with Crippen LogP contribution in [-0.4, -0.2) is 35.0 Å². The van der Waals surface area contributed by atoms with Gasteiger partial charge in [0.05, 0.1) is 13.2 Å². The number of hydrogen-bond acceptors (Lipinski definition) is 5. The highest BCUT2D eigenvalue weighted by atomic mass is 31.2. The summed E-state index contributed by atoms with van der Waals surface area (Å²) in [4.78, 5) is 27.7. The molecule has 0 fully saturated rings. The molecule has 0 saturated carbocycles. The molecule has 0 aromatic rings. The normalized spacial score (nSPS) is 13.6. The van der Waals surface area contributed by atoms with E-state index in [0.717, 1.165) is 0 Å². The first kappa shape index (κ1) is 14.5. The van der Waals surface area contributed by atoms with Crippen LogP contribution in [0.1, 0.15) is 19.8 Å². The molecule has 0 aliphatic carbocycles. The average molecular weight is 241 g/mol. The zero-order valence-corrected chi connectivity index (χ0v) is 9.35. The first-order chi connectivity index (χ1) is 6.87. The molecule has 0 radical (unpaired) electrons. The van der Waals surface area contributed by atoms with Crippen molar-refractivity contribution < 1.29 is 28.4 Å². The molecule has 0 rings (SSSR count). The molecular weight excluding hydrogens is 225 g/mol. The Morgan fingerprint density at radius 1 is 1.47 bits per heavy atom. The topological polar surface area (TPSA) is 119 Å². The summed E-state index contributed by atoms with van der Waals surface area (Å²) in [5.41, 5.74) is 5.38. The number of nitrogens with two attached hydrogens (primary N) is 1. The summed E-state index contributed by atoms with van der Waals surface area (Å²) in [6, 6.07) is -0.914. The third-order valence-corrected chi connectivity index (χ3v) is 1.96. The van der Waals surface area contributed by atoms with Gasteiger partial charge in [0, 0.05) is 0 Å². The lowest BCUT2D eigenvalue weighted by Crippen LogP contribution is -2.33. The molecule has 1 atom stereocenters. The second-order valence-corrected chi connectivity index (χ2v) is 4.13. The van der Waals surface area contributed by atoms with Crippen LogP contribution in [0.4, 0.5) is 0 Å². The molecule has 0 saturated heterocycles. The van der Waals surface area contributed by atoms with Gasteiger partial charge in [-0.05, 0) is 12.8 Å². The van der Waals surface area contributed by atoms with E-state index in [-0.39, 0.29) is 19.6 Å². The van der Waals surface area contributed by atoms with E-state index in [2.05, 4.69) is 4.52 Å². The Labute approximate surface area is 87.8 Å². The molecule has 15 heavy (non-hydrogen) atoms. The molecule has 4 N–H and O–H groups in total. The van der Waals surface area contributed by atoms with E-state index < -0.39 is 19.8 Å². The molecule has 0 amide bonds. The zero-order chi connectivity index (χ0) is 11.9. The molecule has 0 bridgehead atoms. The van der Waals surface area contributed by atoms with Crippen LogP contribution < -0.4 is 5.73 Å². The van der Waals surface area contributed by atoms with Gasteiger partial charge in [-0.2, -0.15) is 0 Å². The Morgan fingerprint density at radius 3 is 2.53 bits per heavy atom. The SMILES string of the molecule is CCCOC(=O)[C@@H](N)CCOP(=O)(O)O. The molecule has 90 valence electrons. The highest BCUT2D eigenvalue weighted by Gasteiger charge is 2.18. The van der Waals surface area contributed by atoms with Crippen LogP contribution >= 0.6 is 7.82 Å². The number of phosphoric ester groups is 1. The van der Waals surface area contributed by atoms with Gasteiger partial charge in [0.15, 0.2) is 0 Å². The molecule has 0 spiro atoms. The Morgan fingerprint density at radius 2 is 2.07 bits per heavy atom. The van der Waals surface area contributed by atoms with Gasteiger partial charge in [-0.1, -0.05) is 6.92 Å². The molecule has 0 aromatic heterocycles. The van der Waals surface area contributed by atoms with Crippen molar-refractivity contribution in [1.29, 1.82) is 0 Å². The fourth-order valence-corrected chi connectivity index (χ4v) is 1.07. The largest absolute Gasteiger partial charge is 0.469 e. The van der Waals surface area contributed by atoms with Gasteiger partial charge in [-0.3, -0.25) is 9.32 Å². The number of ether oxygens (including phenoxy) is 1. The lowest BCUT2D eigenvalue weighted by molar-refractivity contribution is -0.145. The predicted molar refractivity (Wildman–Crippen MR) is 51.8 cm³/mol. The highest BCUT2D eigenvalue weighted by molar-refractivity contribution is 7.46. The van der Waals surface area contributed by atoms with Gasteiger partial charge < -0.3 is 20.3 Å². The Hall–Kier alpha value is -0.460. The Kier molecular flexibility index (Phi) is 6.71. The van der Waals surface area contributed by atoms with Crippen LogP contribution in [-0.2, 0) is 18.6 Å². The summed E-state index contributed by atoms with van der Waals surface area (Å²) in [5, 5.41) is 0. The molecule has 0 unspecified atom stereocenters. The third kappa shape index (κ3) is 8.53. The smallest absolute Gasteiger partial charge is 0.465 e. The number of hydrogen-bond donors (Lipinski definition) is 3. The van der Waals surface area contributed by atoms with Crippen molar-refractivity contribution in [3.63, 3.8) is 0 Å². The molecule has 0 aliphatic rings. The van der Waals surface area contributed by atoms with E-state index in [4.69, 9.17) is 20.3 Å². The molecule has 8 heteroatoms. The van der Waals surface area contributed by atoms with E-state index >= 15 is 0 Å². The van der Waals surface area contributed by atoms with E-state index in [1.807, 2.05) is 6.92 Å². The summed E-state index contributed by atoms with van der Waals surface area (Å²) >= 11 is 0. The van der Waals surface area contributed by atoms with Crippen molar-refractivity contribution in [3.05, 3.63) is 0 Å². The highest BCUT2D eigenvalue weighted by Crippen LogP contribution is 2.35. The van der Waals surface area contributed by atoms with Crippen molar-refractivity contribution in [3.8, 4) is 0 Å². The van der Waals surface area contributed by atoms with Crippen LogP contribution in [0.2, 0.25) is 0 Å². The maximum absolute atomic E-state index is 11.1. The van der Waals surface area contributed by atoms with Gasteiger partial charge in [0.25, 0.3) is 0 Å². The predicted octanol–water partition coefficient (Wildman–Crippen LogP) is -0.234. The third-order valence-electron chi connectivity index (χ3n) is 1.44. The monoisotopic (exact) mass is 241 g/mol. The summed E-state index contributed by atoms with van der Waals surface area (Å²) in [7, 11) is -4.48. The molecule has 0 aliphatic heterocycles. The van der Waals surface area contributed by atoms with Crippen molar-refractivity contribution in [2.75, 3.05) is 13.2 Å². The standard InChI is InChI=1S/C7H16NO6P/c1-2-4-13-7(9)6(8)3-5-14-15(10,11)12/h6H,2-5,8H2,1H3,(H2,10,11,12)/t6-/m0/s1. The second-order valence-electron chi connectivity index (χ2n) is 2.89. The summed E-state index contributed by atoms with van der Waals surface area (Å²) in [5.74, 6) is -0.592. The van der Waals surface area contributed by atoms with Gasteiger partial charge in [-0.25, -0.2) is 4.57 Å². The number of phosphoric acid groups is 1. The number of rotatable bonds is 7. The van der Waals surface area contributed by atoms with Crippen molar-refractivity contribution in [2.24, 2.45) is 5.73 Å². The minimum Gasteiger partial charge on any atom is -0.465 e. The van der Waals surface area contributed by atoms with Crippen molar-refractivity contribution in [1.82, 2.24) is 0 Å². The lowest BCUT2D eigenvalue weighted by atomic mass is 10.2. The maximum Gasteiger partial charge on any atom is 0.469 e. The summed E-state index contributed by atoms with van der Waals surface area (Å²) in [6.45, 7) is 1.84. The Bertz CT molecular complexity index is 240. The average Bonchev–Trinajstić information content (AvgIpc) is 2.11. The van der Waals surface area contributed by atoms with Crippen LogP contribution in [0.5, 0.6) is 0 Å². The van der Waals surface area contributed by atoms with Crippen LogP contribution in [0.25, 0.3) is 0 Å². The number of carbonyl (C=O) groups excluding carboxylic acids is 1. The van der Waals surface area contributed by atoms with E-state index in [0.29, 0.717) is 6.42 Å². The first-order valence-corrected chi connectivity index (χ1v) is 6.02. The Balaban J connectivity index is 3.69. The lowest BCUT2D eigenvalue weighted by Gasteiger charge is -2.11. The van der Waals surface area contributed by atoms with Crippen LogP contribution in [0.3, 0.4) is 0 Å². The summed E-state index contributed by atoms with van der Waals surface area (Å²) < 4.78 is 19.1. The summed E-state index contributed by atoms with van der Waals surface area (Å²) in [6.07, 6.45) is 0.700. The second kappa shape index (κ2) is 6.92. The minimum atomic E-state index is -4.48. The van der Waals surface area contributed by atoms with Crippen LogP contribution in [0, 0.1) is 0 Å². The van der Waals surface area contributed by atoms with E-state index in [1.54, 1.807) is 0 Å². The molecule has 0 heterocycles. The van der Waals surface area contributed by atoms with Gasteiger partial charge in [0.2, 0.25) is 0 Å². The quantitative estimate of drug-likeness (QED) is 0.416. The fourth-order valence-electron chi connectivity index (χ4n) is 0.726. The number of esters is 1. The molecule has 7 nitrogen and oxygen atoms in total. The van der Waals surface area contributed by atoms with Gasteiger partial charge >= 0.3 is 13.8 Å². The van der Waals surface area contributed by atoms with E-state index in [9.17, 15) is 9.36 Å². The van der Waals surface area contributed by atoms with Crippen molar-refractivity contribution >= 4 is 13.8 Å². The van der Waals surface area contributed by atoms with Crippen molar-refractivity contribution in [2.45, 2.75) is 25.8 Å². The van der Waals surface area contributed by atoms with E-state index in [1.165, 1.54) is 0 Å².